The molecule has 0 bridgehead atoms. The van der Waals surface area contributed by atoms with E-state index < -0.39 is 30.9 Å². The Bertz CT molecular complexity index is 741. The van der Waals surface area contributed by atoms with Crippen LogP contribution >= 0.6 is 39.5 Å². The number of aliphatic hydroxyl groups excluding tert-OH is 1. The molecule has 0 saturated carbocycles. The van der Waals surface area contributed by atoms with Crippen molar-refractivity contribution in [2.45, 2.75) is 26.1 Å². The zero-order valence-corrected chi connectivity index (χ0v) is 17.1. The quantitative estimate of drug-likeness (QED) is 0.517. The van der Waals surface area contributed by atoms with Crippen LogP contribution in [0.5, 0.6) is 5.75 Å². The summed E-state index contributed by atoms with van der Waals surface area (Å²) < 4.78 is 69.2. The maximum absolute atomic E-state index is 13.5. The lowest BCUT2D eigenvalue weighted by atomic mass is 10.0. The van der Waals surface area contributed by atoms with Crippen LogP contribution in [0.2, 0.25) is 0 Å². The number of fused-ring (bicyclic) bond motifs is 1. The molecule has 1 aliphatic heterocycles. The van der Waals surface area contributed by atoms with Crippen molar-refractivity contribution < 1.29 is 36.6 Å². The smallest absolute Gasteiger partial charge is 0.450 e. The van der Waals surface area contributed by atoms with Crippen LogP contribution < -0.4 is 4.74 Å². The molecule has 0 amide bonds. The third kappa shape index (κ3) is 4.14. The third-order valence-electron chi connectivity index (χ3n) is 3.18. The Morgan fingerprint density at radius 3 is 2.28 bits per heavy atom. The standard InChI is InChI=1S/C14H14Br2F3O5P/c1-3-22-25(21,23-4-2)12-10(20)8-5-7(15)6-9(16)11(8)24-13(12)14(17,18)19/h5-6,10,20H,3-4H2,1-2H3. The maximum atomic E-state index is 13.5. The molecule has 1 aromatic rings. The van der Waals surface area contributed by atoms with Gasteiger partial charge in [0.2, 0.25) is 5.76 Å². The van der Waals surface area contributed by atoms with Crippen molar-refractivity contribution in [2.24, 2.45) is 0 Å². The van der Waals surface area contributed by atoms with E-state index in [-0.39, 0.29) is 29.0 Å². The molecule has 0 aromatic heterocycles. The SMILES string of the molecule is CCOP(=O)(OCC)C1=C(C(F)(F)F)Oc2c(Br)cc(Br)cc2C1O. The Labute approximate surface area is 158 Å². The summed E-state index contributed by atoms with van der Waals surface area (Å²) in [6.07, 6.45) is -6.89. The first-order valence-electron chi connectivity index (χ1n) is 7.11. The fourth-order valence-corrected chi connectivity index (χ4v) is 5.54. The molecule has 5 nitrogen and oxygen atoms in total. The monoisotopic (exact) mass is 508 g/mol. The number of hydrogen-bond acceptors (Lipinski definition) is 5. The summed E-state index contributed by atoms with van der Waals surface area (Å²) in [7, 11) is -4.44. The lowest BCUT2D eigenvalue weighted by Gasteiger charge is -2.32. The molecule has 0 saturated heterocycles. The van der Waals surface area contributed by atoms with Crippen molar-refractivity contribution >= 4 is 39.5 Å². The lowest BCUT2D eigenvalue weighted by Crippen LogP contribution is -2.27. The van der Waals surface area contributed by atoms with Crippen LogP contribution in [0.4, 0.5) is 13.2 Å². The van der Waals surface area contributed by atoms with Gasteiger partial charge in [0.1, 0.15) is 17.2 Å². The van der Waals surface area contributed by atoms with Crippen LogP contribution in [0.1, 0.15) is 25.5 Å². The second-order valence-corrected chi connectivity index (χ2v) is 8.62. The van der Waals surface area contributed by atoms with Crippen LogP contribution in [0.15, 0.2) is 32.2 Å². The van der Waals surface area contributed by atoms with Gasteiger partial charge < -0.3 is 18.9 Å². The van der Waals surface area contributed by atoms with E-state index in [1.54, 1.807) is 0 Å². The number of ether oxygens (including phenoxy) is 1. The number of allylic oxidation sites excluding steroid dienone is 1. The third-order valence-corrected chi connectivity index (χ3v) is 6.46. The molecular weight excluding hydrogens is 496 g/mol. The summed E-state index contributed by atoms with van der Waals surface area (Å²) in [6, 6.07) is 2.84. The molecule has 1 aromatic carbocycles. The van der Waals surface area contributed by atoms with Crippen molar-refractivity contribution in [3.05, 3.63) is 37.7 Å². The fraction of sp³-hybridized carbons (Fsp3) is 0.429. The minimum atomic E-state index is -5.01. The molecule has 11 heteroatoms. The summed E-state index contributed by atoms with van der Waals surface area (Å²) in [4.78, 5) is 0. The van der Waals surface area contributed by atoms with E-state index in [1.165, 1.54) is 26.0 Å². The molecule has 1 atom stereocenters. The van der Waals surface area contributed by atoms with Gasteiger partial charge in [-0.25, -0.2) is 0 Å². The summed E-state index contributed by atoms with van der Waals surface area (Å²) in [5, 5.41) is 9.62. The van der Waals surface area contributed by atoms with Crippen LogP contribution in [-0.4, -0.2) is 24.5 Å². The van der Waals surface area contributed by atoms with Gasteiger partial charge in [0.25, 0.3) is 0 Å². The van der Waals surface area contributed by atoms with Gasteiger partial charge in [-0.2, -0.15) is 13.2 Å². The average Bonchev–Trinajstić information content (AvgIpc) is 2.47. The van der Waals surface area contributed by atoms with Crippen LogP contribution in [-0.2, 0) is 13.6 Å². The van der Waals surface area contributed by atoms with E-state index in [1.807, 2.05) is 0 Å². The van der Waals surface area contributed by atoms with E-state index >= 15 is 0 Å². The van der Waals surface area contributed by atoms with Crippen molar-refractivity contribution in [1.82, 2.24) is 0 Å². The minimum Gasteiger partial charge on any atom is -0.450 e. The number of alkyl halides is 3. The van der Waals surface area contributed by atoms with E-state index in [0.29, 0.717) is 4.47 Å². The Kier molecular flexibility index (Phi) is 6.44. The highest BCUT2D eigenvalue weighted by Crippen LogP contribution is 2.65. The van der Waals surface area contributed by atoms with Gasteiger partial charge in [-0.3, -0.25) is 4.57 Å². The zero-order valence-electron chi connectivity index (χ0n) is 13.1. The van der Waals surface area contributed by atoms with Gasteiger partial charge in [0, 0.05) is 10.0 Å². The van der Waals surface area contributed by atoms with Gasteiger partial charge in [-0.15, -0.1) is 0 Å². The van der Waals surface area contributed by atoms with Gasteiger partial charge in [0.05, 0.1) is 17.7 Å². The largest absolute Gasteiger partial charge is 0.450 e. The average molecular weight is 510 g/mol. The summed E-state index contributed by atoms with van der Waals surface area (Å²) in [5.74, 6) is -1.81. The highest BCUT2D eigenvalue weighted by Gasteiger charge is 2.51. The summed E-state index contributed by atoms with van der Waals surface area (Å²) in [5.41, 5.74) is 0.00359. The molecule has 1 N–H and O–H groups in total. The van der Waals surface area contributed by atoms with Crippen LogP contribution in [0, 0.1) is 0 Å². The maximum Gasteiger partial charge on any atom is 0.450 e. The zero-order chi connectivity index (χ0) is 19.0. The van der Waals surface area contributed by atoms with Gasteiger partial charge >= 0.3 is 13.8 Å². The van der Waals surface area contributed by atoms with Gasteiger partial charge in [-0.1, -0.05) is 15.9 Å². The second-order valence-electron chi connectivity index (χ2n) is 4.86. The van der Waals surface area contributed by atoms with Crippen molar-refractivity contribution in [3.63, 3.8) is 0 Å². The Hall–Kier alpha value is -0.380. The minimum absolute atomic E-state index is 0.00359. The molecule has 0 fully saturated rings. The molecule has 2 rings (SSSR count). The number of hydrogen-bond donors (Lipinski definition) is 1. The van der Waals surface area contributed by atoms with Gasteiger partial charge in [-0.05, 0) is 41.9 Å². The fourth-order valence-electron chi connectivity index (χ4n) is 2.31. The highest BCUT2D eigenvalue weighted by molar-refractivity contribution is 9.11. The van der Waals surface area contributed by atoms with E-state index in [2.05, 4.69) is 31.9 Å². The number of rotatable bonds is 5. The van der Waals surface area contributed by atoms with Crippen molar-refractivity contribution in [3.8, 4) is 5.75 Å². The molecule has 1 unspecified atom stereocenters. The molecule has 1 heterocycles. The topological polar surface area (TPSA) is 65.0 Å². The molecule has 140 valence electrons. The molecule has 1 aliphatic rings. The summed E-state index contributed by atoms with van der Waals surface area (Å²) in [6.45, 7) is 2.56. The molecular formula is C14H14Br2F3O5P. The second kappa shape index (κ2) is 7.70. The number of aliphatic hydroxyl groups is 1. The predicted molar refractivity (Wildman–Crippen MR) is 91.4 cm³/mol. The normalized spacial score (nSPS) is 18.2. The van der Waals surface area contributed by atoms with Gasteiger partial charge in [0.15, 0.2) is 0 Å². The lowest BCUT2D eigenvalue weighted by molar-refractivity contribution is -0.120. The molecule has 25 heavy (non-hydrogen) atoms. The summed E-state index contributed by atoms with van der Waals surface area (Å²) >= 11 is 6.29. The Morgan fingerprint density at radius 1 is 1.24 bits per heavy atom. The number of halogens is 5. The molecule has 0 aliphatic carbocycles. The first-order chi connectivity index (χ1) is 11.5. The first-order valence-corrected chi connectivity index (χ1v) is 10.2. The van der Waals surface area contributed by atoms with Crippen LogP contribution in [0.25, 0.3) is 0 Å². The highest BCUT2D eigenvalue weighted by atomic mass is 79.9. The van der Waals surface area contributed by atoms with E-state index in [4.69, 9.17) is 13.8 Å². The number of benzene rings is 1. The Morgan fingerprint density at radius 2 is 1.80 bits per heavy atom. The van der Waals surface area contributed by atoms with E-state index in [9.17, 15) is 22.8 Å². The first kappa shape index (κ1) is 20.9. The van der Waals surface area contributed by atoms with Crippen molar-refractivity contribution in [2.75, 3.05) is 13.2 Å². The molecule has 0 radical (unpaired) electrons. The van der Waals surface area contributed by atoms with E-state index in [0.717, 1.165) is 0 Å². The predicted octanol–water partition coefficient (Wildman–Crippen LogP) is 5.68. The van der Waals surface area contributed by atoms with Crippen LogP contribution in [0.3, 0.4) is 0 Å². The molecule has 0 spiro atoms. The van der Waals surface area contributed by atoms with Crippen molar-refractivity contribution in [1.29, 1.82) is 0 Å². The Balaban J connectivity index is 2.75.